The van der Waals surface area contributed by atoms with E-state index >= 15 is 0 Å². The highest BCUT2D eigenvalue weighted by Crippen LogP contribution is 2.54. The SMILES string of the molecule is COC(=O)c1cc(N)cc(C#Cc2ccc(OCC3=CONC3(c3c(Cl)cccc3Cl)C3CC3)cc2Cl)c1. The van der Waals surface area contributed by atoms with Gasteiger partial charge in [0.25, 0.3) is 0 Å². The van der Waals surface area contributed by atoms with E-state index in [1.165, 1.54) is 13.2 Å². The number of nitrogen functional groups attached to an aromatic ring is 1. The number of methoxy groups -OCH3 is 1. The molecule has 6 nitrogen and oxygen atoms in total. The number of nitrogens with one attached hydrogen (secondary N) is 1. The molecule has 1 unspecified atom stereocenters. The summed E-state index contributed by atoms with van der Waals surface area (Å²) in [6, 6.07) is 15.6. The molecule has 0 bridgehead atoms. The first-order chi connectivity index (χ1) is 18.3. The number of rotatable bonds is 6. The highest BCUT2D eigenvalue weighted by Gasteiger charge is 2.54. The third kappa shape index (κ3) is 5.16. The summed E-state index contributed by atoms with van der Waals surface area (Å²) in [5.41, 5.74) is 12.0. The third-order valence-electron chi connectivity index (χ3n) is 6.53. The molecule has 0 aromatic heterocycles. The molecule has 1 saturated carbocycles. The molecule has 0 saturated heterocycles. The van der Waals surface area contributed by atoms with Crippen molar-refractivity contribution in [2.75, 3.05) is 19.5 Å². The first-order valence-electron chi connectivity index (χ1n) is 11.8. The second-order valence-corrected chi connectivity index (χ2v) is 10.3. The van der Waals surface area contributed by atoms with Crippen molar-refractivity contribution in [3.8, 4) is 17.6 Å². The molecule has 38 heavy (non-hydrogen) atoms. The van der Waals surface area contributed by atoms with Crippen molar-refractivity contribution in [1.29, 1.82) is 0 Å². The lowest BCUT2D eigenvalue weighted by Crippen LogP contribution is -2.43. The number of carbonyl (C=O) groups is 1. The Hall–Kier alpha value is -3.34. The molecule has 1 aliphatic carbocycles. The zero-order chi connectivity index (χ0) is 26.9. The molecular formula is C29H23Cl3N2O4. The lowest BCUT2D eigenvalue weighted by molar-refractivity contribution is 0.0600. The van der Waals surface area contributed by atoms with Gasteiger partial charge >= 0.3 is 5.97 Å². The van der Waals surface area contributed by atoms with Crippen LogP contribution in [0.2, 0.25) is 15.1 Å². The van der Waals surface area contributed by atoms with Crippen LogP contribution in [-0.4, -0.2) is 19.7 Å². The van der Waals surface area contributed by atoms with Crippen LogP contribution >= 0.6 is 34.8 Å². The van der Waals surface area contributed by atoms with Crippen LogP contribution in [-0.2, 0) is 15.1 Å². The van der Waals surface area contributed by atoms with Gasteiger partial charge in [0, 0.05) is 44.1 Å². The first kappa shape index (κ1) is 26.3. The van der Waals surface area contributed by atoms with E-state index in [4.69, 9.17) is 54.8 Å². The highest BCUT2D eigenvalue weighted by molar-refractivity contribution is 6.36. The Kier molecular flexibility index (Phi) is 7.47. The van der Waals surface area contributed by atoms with Crippen LogP contribution in [0, 0.1) is 17.8 Å². The van der Waals surface area contributed by atoms with Crippen molar-refractivity contribution >= 4 is 46.5 Å². The number of hydrogen-bond acceptors (Lipinski definition) is 6. The van der Waals surface area contributed by atoms with Gasteiger partial charge in [-0.1, -0.05) is 52.7 Å². The lowest BCUT2D eigenvalue weighted by atomic mass is 9.80. The zero-order valence-electron chi connectivity index (χ0n) is 20.3. The monoisotopic (exact) mass is 568 g/mol. The summed E-state index contributed by atoms with van der Waals surface area (Å²) in [5.74, 6) is 6.38. The number of hydrogen-bond donors (Lipinski definition) is 2. The van der Waals surface area contributed by atoms with E-state index in [0.717, 1.165) is 24.0 Å². The zero-order valence-corrected chi connectivity index (χ0v) is 22.6. The third-order valence-corrected chi connectivity index (χ3v) is 7.47. The molecule has 9 heteroatoms. The van der Waals surface area contributed by atoms with Gasteiger partial charge in [0.05, 0.1) is 17.7 Å². The normalized spacial score (nSPS) is 18.2. The first-order valence-corrected chi connectivity index (χ1v) is 13.0. The number of nitrogens with two attached hydrogens (primary N) is 1. The average molecular weight is 570 g/mol. The summed E-state index contributed by atoms with van der Waals surface area (Å²) in [6.07, 6.45) is 3.69. The quantitative estimate of drug-likeness (QED) is 0.200. The van der Waals surface area contributed by atoms with Crippen LogP contribution in [0.4, 0.5) is 5.69 Å². The average Bonchev–Trinajstić information content (AvgIpc) is 3.67. The minimum atomic E-state index is -0.661. The predicted octanol–water partition coefficient (Wildman–Crippen LogP) is 6.52. The number of halogens is 3. The van der Waals surface area contributed by atoms with Crippen molar-refractivity contribution < 1.29 is 19.1 Å². The van der Waals surface area contributed by atoms with E-state index in [1.54, 1.807) is 36.6 Å². The molecule has 1 fully saturated rings. The molecule has 3 aromatic carbocycles. The number of esters is 1. The smallest absolute Gasteiger partial charge is 0.337 e. The van der Waals surface area contributed by atoms with Gasteiger partial charge in [-0.3, -0.25) is 0 Å². The molecule has 1 aliphatic heterocycles. The summed E-state index contributed by atoms with van der Waals surface area (Å²) in [5, 5.41) is 1.56. The molecule has 1 heterocycles. The summed E-state index contributed by atoms with van der Waals surface area (Å²) < 4.78 is 10.9. The Morgan fingerprint density at radius 2 is 1.84 bits per heavy atom. The summed E-state index contributed by atoms with van der Waals surface area (Å²) in [7, 11) is 1.31. The summed E-state index contributed by atoms with van der Waals surface area (Å²) >= 11 is 19.7. The molecule has 3 aromatic rings. The molecule has 0 radical (unpaired) electrons. The van der Waals surface area contributed by atoms with Crippen molar-refractivity contribution in [3.63, 3.8) is 0 Å². The maximum absolute atomic E-state index is 11.8. The largest absolute Gasteiger partial charge is 0.489 e. The van der Waals surface area contributed by atoms with Gasteiger partial charge in [0.2, 0.25) is 0 Å². The van der Waals surface area contributed by atoms with E-state index in [2.05, 4.69) is 17.3 Å². The van der Waals surface area contributed by atoms with Crippen molar-refractivity contribution in [1.82, 2.24) is 5.48 Å². The van der Waals surface area contributed by atoms with Gasteiger partial charge in [-0.25, -0.2) is 4.79 Å². The standard InChI is InChI=1S/C29H23Cl3N2O4/c1-36-28(35)19-11-17(12-22(33)13-19)5-6-18-7-10-23(14-26(18)32)37-15-21-16-38-34-29(21,20-8-9-20)27-24(30)3-2-4-25(27)31/h2-4,7,10-14,16,20,34H,8-9,15,33H2,1H3. The van der Waals surface area contributed by atoms with Crippen molar-refractivity contribution in [2.24, 2.45) is 5.92 Å². The van der Waals surface area contributed by atoms with E-state index in [-0.39, 0.29) is 12.5 Å². The Morgan fingerprint density at radius 1 is 1.08 bits per heavy atom. The van der Waals surface area contributed by atoms with Crippen LogP contribution in [0.1, 0.15) is 39.9 Å². The molecular weight excluding hydrogens is 547 g/mol. The number of hydroxylamine groups is 1. The highest BCUT2D eigenvalue weighted by atomic mass is 35.5. The van der Waals surface area contributed by atoms with Gasteiger partial charge in [0.15, 0.2) is 0 Å². The van der Waals surface area contributed by atoms with E-state index in [0.29, 0.717) is 43.2 Å². The fraction of sp³-hybridized carbons (Fsp3) is 0.207. The summed E-state index contributed by atoms with van der Waals surface area (Å²) in [6.45, 7) is 0.242. The number of carbonyl (C=O) groups excluding carboxylic acids is 1. The fourth-order valence-electron chi connectivity index (χ4n) is 4.60. The van der Waals surface area contributed by atoms with E-state index < -0.39 is 11.5 Å². The molecule has 3 N–H and O–H groups in total. The molecule has 1 atom stereocenters. The maximum atomic E-state index is 11.8. The van der Waals surface area contributed by atoms with Crippen molar-refractivity contribution in [2.45, 2.75) is 18.4 Å². The van der Waals surface area contributed by atoms with E-state index in [1.807, 2.05) is 18.2 Å². The van der Waals surface area contributed by atoms with Gasteiger partial charge in [-0.05, 0) is 61.2 Å². The Balaban J connectivity index is 1.34. The minimum absolute atomic E-state index is 0.242. The molecule has 194 valence electrons. The minimum Gasteiger partial charge on any atom is -0.489 e. The Bertz CT molecular complexity index is 1490. The van der Waals surface area contributed by atoms with Crippen molar-refractivity contribution in [3.05, 3.63) is 104 Å². The molecule has 0 spiro atoms. The lowest BCUT2D eigenvalue weighted by Gasteiger charge is -2.33. The second kappa shape index (κ2) is 10.8. The second-order valence-electron chi connectivity index (χ2n) is 9.06. The van der Waals surface area contributed by atoms with Crippen LogP contribution in [0.3, 0.4) is 0 Å². The van der Waals surface area contributed by atoms with Crippen LogP contribution < -0.4 is 16.0 Å². The molecule has 2 aliphatic rings. The topological polar surface area (TPSA) is 82.8 Å². The van der Waals surface area contributed by atoms with Crippen LogP contribution in [0.25, 0.3) is 0 Å². The Morgan fingerprint density at radius 3 is 2.53 bits per heavy atom. The van der Waals surface area contributed by atoms with Gasteiger partial charge in [-0.15, -0.1) is 5.48 Å². The fourth-order valence-corrected chi connectivity index (χ4v) is 5.51. The molecule has 0 amide bonds. The molecule has 5 rings (SSSR count). The van der Waals surface area contributed by atoms with Gasteiger partial charge < -0.3 is 20.0 Å². The van der Waals surface area contributed by atoms with E-state index in [9.17, 15) is 4.79 Å². The van der Waals surface area contributed by atoms with Crippen LogP contribution in [0.5, 0.6) is 5.75 Å². The number of anilines is 1. The number of benzene rings is 3. The predicted molar refractivity (Wildman–Crippen MR) is 148 cm³/mol. The summed E-state index contributed by atoms with van der Waals surface area (Å²) in [4.78, 5) is 17.4. The maximum Gasteiger partial charge on any atom is 0.337 e. The van der Waals surface area contributed by atoms with Gasteiger partial charge in [-0.2, -0.15) is 0 Å². The Labute approximate surface area is 235 Å². The van der Waals surface area contributed by atoms with Gasteiger partial charge in [0.1, 0.15) is 24.2 Å². The number of ether oxygens (including phenoxy) is 2. The van der Waals surface area contributed by atoms with Crippen LogP contribution in [0.15, 0.2) is 66.4 Å².